The van der Waals surface area contributed by atoms with Gasteiger partial charge in [-0.2, -0.15) is 0 Å². The van der Waals surface area contributed by atoms with Crippen LogP contribution in [0.1, 0.15) is 50.8 Å². The minimum atomic E-state index is -0.581. The molecule has 0 aromatic carbocycles. The van der Waals surface area contributed by atoms with Crippen LogP contribution in [-0.2, 0) is 22.6 Å². The predicted molar refractivity (Wildman–Crippen MR) is 126 cm³/mol. The second-order valence-corrected chi connectivity index (χ2v) is 8.95. The summed E-state index contributed by atoms with van der Waals surface area (Å²) in [5, 5.41) is 4.85. The summed E-state index contributed by atoms with van der Waals surface area (Å²) in [4.78, 5) is 37.6. The van der Waals surface area contributed by atoms with E-state index < -0.39 is 6.09 Å². The molecule has 174 valence electrons. The highest BCUT2D eigenvalue weighted by Gasteiger charge is 2.20. The average Bonchev–Trinajstić information content (AvgIpc) is 3.25. The van der Waals surface area contributed by atoms with Crippen LogP contribution in [0.4, 0.5) is 9.93 Å². The van der Waals surface area contributed by atoms with E-state index in [1.807, 2.05) is 17.9 Å². The fourth-order valence-corrected chi connectivity index (χ4v) is 4.51. The van der Waals surface area contributed by atoms with Crippen molar-refractivity contribution in [1.29, 1.82) is 0 Å². The second-order valence-electron chi connectivity index (χ2n) is 8.09. The maximum atomic E-state index is 12.8. The molecule has 0 spiro atoms. The van der Waals surface area contributed by atoms with Gasteiger partial charge in [0.15, 0.2) is 5.13 Å². The van der Waals surface area contributed by atoms with Gasteiger partial charge in [-0.25, -0.2) is 9.78 Å². The first-order valence-corrected chi connectivity index (χ1v) is 12.2. The highest BCUT2D eigenvalue weighted by molar-refractivity contribution is 7.13. The molecule has 3 rings (SSSR count). The molecule has 0 radical (unpaired) electrons. The normalized spacial score (nSPS) is 15.2. The number of aromatic nitrogens is 2. The molecular weight excluding hydrogens is 426 g/mol. The number of hydrogen-bond donors (Lipinski definition) is 1. The second kappa shape index (κ2) is 12.5. The number of ether oxygens (including phenoxy) is 1. The van der Waals surface area contributed by atoms with Gasteiger partial charge in [0.1, 0.15) is 6.61 Å². The van der Waals surface area contributed by atoms with Gasteiger partial charge in [0, 0.05) is 42.5 Å². The first-order chi connectivity index (χ1) is 15.5. The molecular formula is C23H33N5O3S. The van der Waals surface area contributed by atoms with Crippen molar-refractivity contribution in [2.45, 2.75) is 58.6 Å². The summed E-state index contributed by atoms with van der Waals surface area (Å²) in [6, 6.07) is 4.11. The van der Waals surface area contributed by atoms with Crippen LogP contribution in [0.5, 0.6) is 0 Å². The van der Waals surface area contributed by atoms with E-state index in [4.69, 9.17) is 4.74 Å². The van der Waals surface area contributed by atoms with E-state index in [0.717, 1.165) is 18.5 Å². The van der Waals surface area contributed by atoms with E-state index in [1.54, 1.807) is 23.8 Å². The van der Waals surface area contributed by atoms with Crippen LogP contribution in [0.3, 0.4) is 0 Å². The molecule has 1 saturated heterocycles. The van der Waals surface area contributed by atoms with Crippen molar-refractivity contribution in [3.63, 3.8) is 0 Å². The highest BCUT2D eigenvalue weighted by atomic mass is 32.1. The Hall–Kier alpha value is -2.52. The van der Waals surface area contributed by atoms with E-state index >= 15 is 0 Å². The van der Waals surface area contributed by atoms with Crippen LogP contribution in [0.2, 0.25) is 0 Å². The van der Waals surface area contributed by atoms with Crippen molar-refractivity contribution in [1.82, 2.24) is 19.8 Å². The lowest BCUT2D eigenvalue weighted by molar-refractivity contribution is -0.130. The summed E-state index contributed by atoms with van der Waals surface area (Å²) in [6.45, 7) is 8.17. The quantitative estimate of drug-likeness (QED) is 0.579. The molecule has 2 aromatic heterocycles. The zero-order valence-corrected chi connectivity index (χ0v) is 19.8. The Morgan fingerprint density at radius 2 is 2.12 bits per heavy atom. The minimum Gasteiger partial charge on any atom is -0.444 e. The van der Waals surface area contributed by atoms with Crippen LogP contribution >= 0.6 is 11.3 Å². The van der Waals surface area contributed by atoms with Crippen molar-refractivity contribution in [3.8, 4) is 0 Å². The molecule has 1 fully saturated rings. The largest absolute Gasteiger partial charge is 0.444 e. The number of piperidine rings is 1. The Bertz CT molecular complexity index is 854. The Balaban J connectivity index is 1.42. The Kier molecular flexibility index (Phi) is 9.43. The molecule has 0 saturated carbocycles. The lowest BCUT2D eigenvalue weighted by Crippen LogP contribution is -2.41. The number of carbonyl (C=O) groups excluding carboxylic acids is 2. The summed E-state index contributed by atoms with van der Waals surface area (Å²) in [5.41, 5.74) is 1.47. The molecule has 1 aliphatic heterocycles. The molecule has 1 atom stereocenters. The number of pyridine rings is 1. The lowest BCUT2D eigenvalue weighted by Gasteiger charge is -2.33. The number of nitrogens with zero attached hydrogens (tertiary/aromatic N) is 4. The average molecular weight is 460 g/mol. The molecule has 32 heavy (non-hydrogen) atoms. The number of rotatable bonds is 10. The third-order valence-corrected chi connectivity index (χ3v) is 6.56. The standard InChI is InChI=1S/C23H33N5O3S/c1-3-27(13-9-18(2)28-11-5-4-6-12-28)21(29)14-20-17-32-22(25-20)26-23(30)31-16-19-8-7-10-24-15-19/h7-8,10,15,17-18H,3-6,9,11-14,16H2,1-2H3,(H,25,26,30). The molecule has 9 heteroatoms. The first kappa shape index (κ1) is 24.1. The summed E-state index contributed by atoms with van der Waals surface area (Å²) in [5.74, 6) is 0.0642. The maximum absolute atomic E-state index is 12.8. The van der Waals surface area contributed by atoms with Gasteiger partial charge in [0.25, 0.3) is 0 Å². The van der Waals surface area contributed by atoms with Crippen LogP contribution in [-0.4, -0.2) is 64.0 Å². The zero-order chi connectivity index (χ0) is 22.8. The number of likely N-dealkylation sites (N-methyl/N-ethyl adjacent to an activating group) is 1. The SMILES string of the molecule is CCN(CCC(C)N1CCCCC1)C(=O)Cc1csc(NC(=O)OCc2cccnc2)n1. The van der Waals surface area contributed by atoms with Gasteiger partial charge < -0.3 is 14.5 Å². The molecule has 1 N–H and O–H groups in total. The number of thiazole rings is 1. The number of carbonyl (C=O) groups is 2. The van der Waals surface area contributed by atoms with Gasteiger partial charge in [0.2, 0.25) is 5.91 Å². The predicted octanol–water partition coefficient (Wildman–Crippen LogP) is 3.94. The zero-order valence-electron chi connectivity index (χ0n) is 19.0. The van der Waals surface area contributed by atoms with Crippen LogP contribution < -0.4 is 5.32 Å². The fourth-order valence-electron chi connectivity index (χ4n) is 3.81. The van der Waals surface area contributed by atoms with Crippen LogP contribution in [0, 0.1) is 0 Å². The van der Waals surface area contributed by atoms with Gasteiger partial charge in [-0.15, -0.1) is 11.3 Å². The molecule has 8 nitrogen and oxygen atoms in total. The van der Waals surface area contributed by atoms with Gasteiger partial charge in [-0.3, -0.25) is 15.1 Å². The summed E-state index contributed by atoms with van der Waals surface area (Å²) in [6.07, 6.45) is 7.82. The van der Waals surface area contributed by atoms with Crippen LogP contribution in [0.25, 0.3) is 0 Å². The van der Waals surface area contributed by atoms with Gasteiger partial charge in [-0.1, -0.05) is 12.5 Å². The van der Waals surface area contributed by atoms with Crippen molar-refractivity contribution in [3.05, 3.63) is 41.2 Å². The molecule has 0 aliphatic carbocycles. The van der Waals surface area contributed by atoms with E-state index in [1.165, 1.54) is 43.7 Å². The van der Waals surface area contributed by atoms with E-state index in [-0.39, 0.29) is 18.9 Å². The Morgan fingerprint density at radius 1 is 1.31 bits per heavy atom. The first-order valence-electron chi connectivity index (χ1n) is 11.3. The van der Waals surface area contributed by atoms with E-state index in [9.17, 15) is 9.59 Å². The number of anilines is 1. The molecule has 0 bridgehead atoms. The summed E-state index contributed by atoms with van der Waals surface area (Å²) in [7, 11) is 0. The third kappa shape index (κ3) is 7.56. The number of hydrogen-bond acceptors (Lipinski definition) is 7. The number of nitrogens with one attached hydrogen (secondary N) is 1. The fraction of sp³-hybridized carbons (Fsp3) is 0.565. The lowest BCUT2D eigenvalue weighted by atomic mass is 10.1. The number of amides is 2. The highest BCUT2D eigenvalue weighted by Crippen LogP contribution is 2.18. The van der Waals surface area contributed by atoms with Crippen molar-refractivity contribution in [2.75, 3.05) is 31.5 Å². The molecule has 2 aromatic rings. The summed E-state index contributed by atoms with van der Waals surface area (Å²) < 4.78 is 5.18. The van der Waals surface area contributed by atoms with Gasteiger partial charge in [-0.05, 0) is 52.3 Å². The van der Waals surface area contributed by atoms with Gasteiger partial charge in [0.05, 0.1) is 12.1 Å². The van der Waals surface area contributed by atoms with Crippen LogP contribution in [0.15, 0.2) is 29.9 Å². The summed E-state index contributed by atoms with van der Waals surface area (Å²) >= 11 is 1.29. The van der Waals surface area contributed by atoms with E-state index in [2.05, 4.69) is 27.1 Å². The minimum absolute atomic E-state index is 0.0642. The number of likely N-dealkylation sites (tertiary alicyclic amines) is 1. The Labute approximate surface area is 194 Å². The third-order valence-electron chi connectivity index (χ3n) is 5.75. The maximum Gasteiger partial charge on any atom is 0.413 e. The smallest absolute Gasteiger partial charge is 0.413 e. The Morgan fingerprint density at radius 3 is 2.84 bits per heavy atom. The van der Waals surface area contributed by atoms with Crippen molar-refractivity contribution in [2.24, 2.45) is 0 Å². The van der Waals surface area contributed by atoms with Crippen molar-refractivity contribution >= 4 is 28.5 Å². The van der Waals surface area contributed by atoms with E-state index in [0.29, 0.717) is 23.4 Å². The molecule has 3 heterocycles. The monoisotopic (exact) mass is 459 g/mol. The molecule has 1 unspecified atom stereocenters. The molecule has 2 amide bonds. The molecule has 1 aliphatic rings. The van der Waals surface area contributed by atoms with Gasteiger partial charge >= 0.3 is 6.09 Å². The topological polar surface area (TPSA) is 87.7 Å². The van der Waals surface area contributed by atoms with Crippen molar-refractivity contribution < 1.29 is 14.3 Å².